The van der Waals surface area contributed by atoms with Crippen LogP contribution in [0.5, 0.6) is 5.75 Å². The van der Waals surface area contributed by atoms with Gasteiger partial charge in [0.05, 0.1) is 13.2 Å². The minimum absolute atomic E-state index is 0.0394. The van der Waals surface area contributed by atoms with Crippen LogP contribution in [0.1, 0.15) is 54.5 Å². The second-order valence-electron chi connectivity index (χ2n) is 8.85. The molecule has 3 unspecified atom stereocenters. The number of nitrogens with zero attached hydrogens (tertiary/aromatic N) is 1. The monoisotopic (exact) mass is 444 g/mol. The van der Waals surface area contributed by atoms with Gasteiger partial charge in [-0.15, -0.1) is 0 Å². The number of ether oxygens (including phenoxy) is 2. The quantitative estimate of drug-likeness (QED) is 0.754. The molecule has 0 bridgehead atoms. The number of aliphatic imine (C=N–C) groups is 1. The lowest BCUT2D eigenvalue weighted by atomic mass is 9.77. The average Bonchev–Trinajstić information content (AvgIpc) is 3.30. The van der Waals surface area contributed by atoms with Crippen LogP contribution >= 0.6 is 0 Å². The van der Waals surface area contributed by atoms with E-state index in [1.807, 2.05) is 54.7 Å². The number of carbonyl (C=O) groups is 2. The predicted octanol–water partition coefficient (Wildman–Crippen LogP) is 4.02. The molecule has 2 aromatic rings. The summed E-state index contributed by atoms with van der Waals surface area (Å²) in [5.41, 5.74) is 3.55. The van der Waals surface area contributed by atoms with Gasteiger partial charge in [0, 0.05) is 31.9 Å². The van der Waals surface area contributed by atoms with Crippen LogP contribution in [0.25, 0.3) is 0 Å². The van der Waals surface area contributed by atoms with Gasteiger partial charge < -0.3 is 9.47 Å². The maximum atomic E-state index is 13.6. The third kappa shape index (κ3) is 3.63. The number of hydrogen-bond donors (Lipinski definition) is 1. The molecular weight excluding hydrogens is 416 g/mol. The van der Waals surface area contributed by atoms with Gasteiger partial charge >= 0.3 is 0 Å². The number of hydrogen-bond acceptors (Lipinski definition) is 6. The van der Waals surface area contributed by atoms with Crippen LogP contribution in [-0.2, 0) is 19.9 Å². The van der Waals surface area contributed by atoms with Gasteiger partial charge in [0.25, 0.3) is 0 Å². The average molecular weight is 445 g/mol. The Labute approximate surface area is 193 Å². The fourth-order valence-electron chi connectivity index (χ4n) is 5.27. The first-order valence-electron chi connectivity index (χ1n) is 11.4. The van der Waals surface area contributed by atoms with E-state index >= 15 is 0 Å². The molecule has 0 amide bonds. The smallest absolute Gasteiger partial charge is 0.183 e. The summed E-state index contributed by atoms with van der Waals surface area (Å²) in [6, 6.07) is 14.7. The van der Waals surface area contributed by atoms with Gasteiger partial charge in [-0.05, 0) is 53.7 Å². The van der Waals surface area contributed by atoms with Crippen molar-refractivity contribution < 1.29 is 19.1 Å². The highest BCUT2D eigenvalue weighted by Crippen LogP contribution is 2.40. The van der Waals surface area contributed by atoms with Crippen LogP contribution in [0.4, 0.5) is 0 Å². The Hall–Kier alpha value is -3.09. The van der Waals surface area contributed by atoms with E-state index in [-0.39, 0.29) is 17.6 Å². The third-order valence-electron chi connectivity index (χ3n) is 7.15. The van der Waals surface area contributed by atoms with Crippen LogP contribution in [0, 0.1) is 0 Å². The SMILES string of the molecule is COc1ccc(C2N=CC3=C2C(=O)C(c2ccc(C4(OC)CCCCC4=O)cc2)NC3)cc1. The van der Waals surface area contributed by atoms with Crippen LogP contribution < -0.4 is 10.1 Å². The molecule has 3 atom stereocenters. The normalized spacial score (nSPS) is 27.1. The van der Waals surface area contributed by atoms with E-state index in [0.29, 0.717) is 19.4 Å². The maximum absolute atomic E-state index is 13.6. The van der Waals surface area contributed by atoms with E-state index in [4.69, 9.17) is 9.47 Å². The van der Waals surface area contributed by atoms with Crippen LogP contribution in [-0.4, -0.2) is 38.5 Å². The summed E-state index contributed by atoms with van der Waals surface area (Å²) in [4.78, 5) is 30.9. The number of ketones is 2. The fraction of sp³-hybridized carbons (Fsp3) is 0.370. The first-order valence-corrected chi connectivity index (χ1v) is 11.4. The number of carbonyl (C=O) groups excluding carboxylic acids is 2. The van der Waals surface area contributed by atoms with E-state index in [0.717, 1.165) is 46.4 Å². The van der Waals surface area contributed by atoms with Crippen molar-refractivity contribution in [2.75, 3.05) is 20.8 Å². The Kier molecular flexibility index (Phi) is 5.72. The summed E-state index contributed by atoms with van der Waals surface area (Å²) >= 11 is 0. The third-order valence-corrected chi connectivity index (χ3v) is 7.15. The van der Waals surface area contributed by atoms with Gasteiger partial charge in [0.15, 0.2) is 17.2 Å². The zero-order valence-corrected chi connectivity index (χ0v) is 19.0. The Morgan fingerprint density at radius 2 is 1.70 bits per heavy atom. The van der Waals surface area contributed by atoms with Crippen LogP contribution in [0.15, 0.2) is 64.7 Å². The van der Waals surface area contributed by atoms with Crippen molar-refractivity contribution in [2.24, 2.45) is 4.99 Å². The number of methoxy groups -OCH3 is 2. The van der Waals surface area contributed by atoms with Crippen molar-refractivity contribution in [1.82, 2.24) is 5.32 Å². The second kappa shape index (κ2) is 8.69. The van der Waals surface area contributed by atoms with Gasteiger partial charge in [0.2, 0.25) is 0 Å². The first-order chi connectivity index (χ1) is 16.1. The lowest BCUT2D eigenvalue weighted by molar-refractivity contribution is -0.146. The molecule has 1 fully saturated rings. The van der Waals surface area contributed by atoms with Crippen molar-refractivity contribution in [2.45, 2.75) is 43.4 Å². The molecule has 0 spiro atoms. The molecule has 2 aliphatic heterocycles. The second-order valence-corrected chi connectivity index (χ2v) is 8.85. The van der Waals surface area contributed by atoms with E-state index in [1.165, 1.54) is 0 Å². The van der Waals surface area contributed by atoms with Gasteiger partial charge in [-0.25, -0.2) is 0 Å². The predicted molar refractivity (Wildman–Crippen MR) is 126 cm³/mol. The van der Waals surface area contributed by atoms with Crippen LogP contribution in [0.3, 0.4) is 0 Å². The molecule has 170 valence electrons. The van der Waals surface area contributed by atoms with E-state index in [9.17, 15) is 9.59 Å². The lowest BCUT2D eigenvalue weighted by Crippen LogP contribution is -2.40. The van der Waals surface area contributed by atoms with E-state index in [1.54, 1.807) is 14.2 Å². The maximum Gasteiger partial charge on any atom is 0.183 e. The number of benzene rings is 2. The van der Waals surface area contributed by atoms with Crippen molar-refractivity contribution in [3.63, 3.8) is 0 Å². The first kappa shape index (κ1) is 21.7. The Morgan fingerprint density at radius 1 is 0.970 bits per heavy atom. The summed E-state index contributed by atoms with van der Waals surface area (Å²) < 4.78 is 11.0. The summed E-state index contributed by atoms with van der Waals surface area (Å²) in [6.07, 6.45) is 4.93. The summed E-state index contributed by atoms with van der Waals surface area (Å²) in [5.74, 6) is 0.948. The van der Waals surface area contributed by atoms with Gasteiger partial charge in [-0.3, -0.25) is 19.9 Å². The highest BCUT2D eigenvalue weighted by molar-refractivity contribution is 6.09. The molecule has 1 saturated carbocycles. The molecule has 6 heteroatoms. The Balaban J connectivity index is 1.40. The Morgan fingerprint density at radius 3 is 2.36 bits per heavy atom. The molecule has 3 aliphatic rings. The topological polar surface area (TPSA) is 77.0 Å². The molecule has 1 aliphatic carbocycles. The Bertz CT molecular complexity index is 1130. The minimum atomic E-state index is -0.866. The molecule has 5 rings (SSSR count). The van der Waals surface area contributed by atoms with Crippen molar-refractivity contribution in [3.8, 4) is 5.75 Å². The summed E-state index contributed by atoms with van der Waals surface area (Å²) in [5, 5.41) is 3.36. The summed E-state index contributed by atoms with van der Waals surface area (Å²) in [6.45, 7) is 0.587. The van der Waals surface area contributed by atoms with Crippen molar-refractivity contribution >= 4 is 17.8 Å². The van der Waals surface area contributed by atoms with Crippen molar-refractivity contribution in [1.29, 1.82) is 0 Å². The van der Waals surface area contributed by atoms with Gasteiger partial charge in [-0.2, -0.15) is 0 Å². The molecular formula is C27H28N2O4. The molecule has 2 heterocycles. The molecule has 2 aromatic carbocycles. The van der Waals surface area contributed by atoms with Gasteiger partial charge in [-0.1, -0.05) is 36.4 Å². The number of rotatable bonds is 5. The standard InChI is InChI=1S/C27H28N2O4/c1-32-21-12-8-17(9-13-21)24-23-19(15-28-24)16-29-25(26(23)31)18-6-10-20(11-7-18)27(33-2)14-4-3-5-22(27)30/h6-13,15,24-25,29H,3-5,14,16H2,1-2H3. The largest absolute Gasteiger partial charge is 0.497 e. The van der Waals surface area contributed by atoms with Crippen LogP contribution in [0.2, 0.25) is 0 Å². The zero-order chi connectivity index (χ0) is 23.0. The highest BCUT2D eigenvalue weighted by Gasteiger charge is 2.42. The van der Waals surface area contributed by atoms with E-state index < -0.39 is 11.6 Å². The minimum Gasteiger partial charge on any atom is -0.497 e. The number of nitrogens with one attached hydrogen (secondary N) is 1. The van der Waals surface area contributed by atoms with E-state index in [2.05, 4.69) is 10.3 Å². The van der Waals surface area contributed by atoms with Gasteiger partial charge in [0.1, 0.15) is 11.8 Å². The fourth-order valence-corrected chi connectivity index (χ4v) is 5.27. The van der Waals surface area contributed by atoms with Crippen molar-refractivity contribution in [3.05, 3.63) is 76.4 Å². The molecule has 33 heavy (non-hydrogen) atoms. The summed E-state index contributed by atoms with van der Waals surface area (Å²) in [7, 11) is 3.24. The highest BCUT2D eigenvalue weighted by atomic mass is 16.5. The number of Topliss-reactive ketones (excluding diaryl/α,β-unsaturated/α-hetero) is 2. The molecule has 6 nitrogen and oxygen atoms in total. The molecule has 1 N–H and O–H groups in total. The lowest BCUT2D eigenvalue weighted by Gasteiger charge is -2.35. The molecule has 0 radical (unpaired) electrons. The zero-order valence-electron chi connectivity index (χ0n) is 19.0. The molecule has 0 saturated heterocycles. The molecule has 0 aromatic heterocycles.